The van der Waals surface area contributed by atoms with Gasteiger partial charge >= 0.3 is 0 Å². The topological polar surface area (TPSA) is 60.0 Å². The number of hydrogen-bond acceptors (Lipinski definition) is 4. The van der Waals surface area contributed by atoms with Gasteiger partial charge in [0.25, 0.3) is 0 Å². The van der Waals surface area contributed by atoms with Gasteiger partial charge in [0.1, 0.15) is 0 Å². The Hall–Kier alpha value is -0.620. The Balaban J connectivity index is 2.11. The number of nitrogen functional groups attached to an aromatic ring is 1. The number of rotatable bonds is 1. The molecule has 2 N–H and O–H groups in total. The summed E-state index contributed by atoms with van der Waals surface area (Å²) in [6.07, 6.45) is 2.22. The number of anilines is 1. The van der Waals surface area contributed by atoms with Gasteiger partial charge < -0.3 is 10.6 Å². The molecule has 0 aromatic carbocycles. The van der Waals surface area contributed by atoms with E-state index in [0.29, 0.717) is 12.0 Å². The van der Waals surface area contributed by atoms with Crippen molar-refractivity contribution in [3.05, 3.63) is 4.73 Å². The van der Waals surface area contributed by atoms with Gasteiger partial charge in [-0.2, -0.15) is 4.98 Å². The van der Waals surface area contributed by atoms with E-state index in [4.69, 9.17) is 5.73 Å². The van der Waals surface area contributed by atoms with Crippen LogP contribution in [-0.2, 0) is 0 Å². The molecule has 1 aliphatic rings. The monoisotopic (exact) mass is 259 g/mol. The van der Waals surface area contributed by atoms with Gasteiger partial charge in [0.15, 0.2) is 4.73 Å². The fourth-order valence-electron chi connectivity index (χ4n) is 1.79. The molecule has 0 saturated carbocycles. The number of piperidine rings is 1. The van der Waals surface area contributed by atoms with Crippen molar-refractivity contribution < 1.29 is 0 Å². The summed E-state index contributed by atoms with van der Waals surface area (Å²) < 4.78 is 2.63. The van der Waals surface area contributed by atoms with Gasteiger partial charge in [0.2, 0.25) is 5.95 Å². The van der Waals surface area contributed by atoms with Gasteiger partial charge in [-0.3, -0.25) is 0 Å². The fraction of sp³-hybridized carbons (Fsp3) is 0.750. The minimum Gasteiger partial charge on any atom is -0.366 e. The van der Waals surface area contributed by atoms with Crippen LogP contribution in [-0.4, -0.2) is 39.8 Å². The van der Waals surface area contributed by atoms with Crippen LogP contribution >= 0.6 is 15.9 Å². The number of likely N-dealkylation sites (tertiary alicyclic amines) is 1. The zero-order valence-corrected chi connectivity index (χ0v) is 9.74. The Labute approximate surface area is 91.4 Å². The Morgan fingerprint density at radius 2 is 2.07 bits per heavy atom. The highest BCUT2D eigenvalue weighted by Crippen LogP contribution is 2.24. The molecule has 6 heteroatoms. The van der Waals surface area contributed by atoms with Crippen molar-refractivity contribution in [2.75, 3.05) is 25.9 Å². The van der Waals surface area contributed by atoms with E-state index in [1.807, 2.05) is 4.68 Å². The maximum absolute atomic E-state index is 5.53. The van der Waals surface area contributed by atoms with E-state index in [1.54, 1.807) is 0 Å². The van der Waals surface area contributed by atoms with Crippen LogP contribution in [0.3, 0.4) is 0 Å². The predicted molar refractivity (Wildman–Crippen MR) is 57.9 cm³/mol. The van der Waals surface area contributed by atoms with Crippen molar-refractivity contribution in [3.63, 3.8) is 0 Å². The lowest BCUT2D eigenvalue weighted by atomic mass is 10.1. The van der Waals surface area contributed by atoms with Gasteiger partial charge in [-0.05, 0) is 48.9 Å². The smallest absolute Gasteiger partial charge is 0.240 e. The summed E-state index contributed by atoms with van der Waals surface area (Å²) in [6.45, 7) is 2.22. The summed E-state index contributed by atoms with van der Waals surface area (Å²) in [5, 5.41) is 4.18. The molecule has 1 aromatic rings. The Morgan fingerprint density at radius 3 is 2.57 bits per heavy atom. The SMILES string of the molecule is CN1CCC(n2nc(N)nc2Br)CC1. The summed E-state index contributed by atoms with van der Waals surface area (Å²) >= 11 is 3.36. The molecule has 1 fully saturated rings. The van der Waals surface area contributed by atoms with Crippen LogP contribution in [0.25, 0.3) is 0 Å². The van der Waals surface area contributed by atoms with Gasteiger partial charge in [-0.25, -0.2) is 4.68 Å². The number of halogens is 1. The predicted octanol–water partition coefficient (Wildman–Crippen LogP) is 0.889. The quantitative estimate of drug-likeness (QED) is 0.814. The van der Waals surface area contributed by atoms with E-state index in [1.165, 1.54) is 0 Å². The molecule has 78 valence electrons. The zero-order chi connectivity index (χ0) is 10.1. The largest absolute Gasteiger partial charge is 0.366 e. The van der Waals surface area contributed by atoms with Crippen LogP contribution in [0.1, 0.15) is 18.9 Å². The van der Waals surface area contributed by atoms with E-state index in [0.717, 1.165) is 30.7 Å². The maximum Gasteiger partial charge on any atom is 0.240 e. The Morgan fingerprint density at radius 1 is 1.43 bits per heavy atom. The molecule has 0 bridgehead atoms. The molecule has 1 aliphatic heterocycles. The van der Waals surface area contributed by atoms with Crippen molar-refractivity contribution in [2.45, 2.75) is 18.9 Å². The first-order valence-electron chi connectivity index (χ1n) is 4.73. The molecular formula is C8H14BrN5. The Bertz CT molecular complexity index is 316. The van der Waals surface area contributed by atoms with Crippen molar-refractivity contribution in [3.8, 4) is 0 Å². The molecule has 0 atom stereocenters. The summed E-state index contributed by atoms with van der Waals surface area (Å²) in [6, 6.07) is 0.436. The standard InChI is InChI=1S/C8H14BrN5/c1-13-4-2-6(3-5-13)14-7(9)11-8(10)12-14/h6H,2-5H2,1H3,(H2,10,12). The van der Waals surface area contributed by atoms with E-state index in [-0.39, 0.29) is 0 Å². The van der Waals surface area contributed by atoms with Crippen LogP contribution in [0, 0.1) is 0 Å². The molecule has 1 aromatic heterocycles. The minimum absolute atomic E-state index is 0.343. The van der Waals surface area contributed by atoms with E-state index >= 15 is 0 Å². The van der Waals surface area contributed by atoms with E-state index in [2.05, 4.69) is 38.0 Å². The molecule has 5 nitrogen and oxygen atoms in total. The third-order valence-electron chi connectivity index (χ3n) is 2.64. The van der Waals surface area contributed by atoms with Crippen molar-refractivity contribution >= 4 is 21.9 Å². The second kappa shape index (κ2) is 3.86. The third-order valence-corrected chi connectivity index (χ3v) is 3.18. The number of nitrogens with two attached hydrogens (primary N) is 1. The van der Waals surface area contributed by atoms with Crippen molar-refractivity contribution in [1.82, 2.24) is 19.7 Å². The van der Waals surface area contributed by atoms with E-state index < -0.39 is 0 Å². The lowest BCUT2D eigenvalue weighted by Gasteiger charge is -2.28. The molecule has 0 radical (unpaired) electrons. The molecule has 0 amide bonds. The highest BCUT2D eigenvalue weighted by molar-refractivity contribution is 9.10. The number of hydrogen-bond donors (Lipinski definition) is 1. The maximum atomic E-state index is 5.53. The highest BCUT2D eigenvalue weighted by Gasteiger charge is 2.21. The van der Waals surface area contributed by atoms with Crippen molar-refractivity contribution in [2.24, 2.45) is 0 Å². The average Bonchev–Trinajstić information content (AvgIpc) is 2.47. The molecule has 0 unspecified atom stereocenters. The van der Waals surface area contributed by atoms with Gasteiger partial charge in [-0.15, -0.1) is 5.10 Å². The minimum atomic E-state index is 0.343. The normalized spacial score (nSPS) is 20.1. The second-order valence-electron chi connectivity index (χ2n) is 3.72. The molecule has 0 spiro atoms. The molecule has 2 heterocycles. The first-order valence-corrected chi connectivity index (χ1v) is 5.52. The second-order valence-corrected chi connectivity index (χ2v) is 4.43. The zero-order valence-electron chi connectivity index (χ0n) is 8.15. The van der Waals surface area contributed by atoms with Gasteiger partial charge in [0.05, 0.1) is 6.04 Å². The van der Waals surface area contributed by atoms with Crippen LogP contribution in [0.15, 0.2) is 4.73 Å². The van der Waals surface area contributed by atoms with E-state index in [9.17, 15) is 0 Å². The summed E-state index contributed by atoms with van der Waals surface area (Å²) in [5.74, 6) is 0.343. The first-order chi connectivity index (χ1) is 6.66. The summed E-state index contributed by atoms with van der Waals surface area (Å²) in [5.41, 5.74) is 5.53. The molecule has 2 rings (SSSR count). The fourth-order valence-corrected chi connectivity index (χ4v) is 2.34. The van der Waals surface area contributed by atoms with Crippen LogP contribution in [0.4, 0.5) is 5.95 Å². The molecule has 1 saturated heterocycles. The molecule has 0 aliphatic carbocycles. The number of aromatic nitrogens is 3. The van der Waals surface area contributed by atoms with Crippen LogP contribution < -0.4 is 5.73 Å². The van der Waals surface area contributed by atoms with Crippen molar-refractivity contribution in [1.29, 1.82) is 0 Å². The molecule has 14 heavy (non-hydrogen) atoms. The van der Waals surface area contributed by atoms with Gasteiger partial charge in [0, 0.05) is 0 Å². The summed E-state index contributed by atoms with van der Waals surface area (Å²) in [7, 11) is 2.14. The van der Waals surface area contributed by atoms with Crippen LogP contribution in [0.5, 0.6) is 0 Å². The summed E-state index contributed by atoms with van der Waals surface area (Å²) in [4.78, 5) is 6.36. The average molecular weight is 260 g/mol. The lowest BCUT2D eigenvalue weighted by molar-refractivity contribution is 0.210. The first kappa shape index (κ1) is 9.92. The molecular weight excluding hydrogens is 246 g/mol. The Kier molecular flexibility index (Phi) is 2.73. The van der Waals surface area contributed by atoms with Gasteiger partial charge in [-0.1, -0.05) is 0 Å². The third kappa shape index (κ3) is 1.90. The highest BCUT2D eigenvalue weighted by atomic mass is 79.9. The van der Waals surface area contributed by atoms with Crippen LogP contribution in [0.2, 0.25) is 0 Å². The lowest BCUT2D eigenvalue weighted by Crippen LogP contribution is -2.32. The number of nitrogens with zero attached hydrogens (tertiary/aromatic N) is 4.